The quantitative estimate of drug-likeness (QED) is 0.368. The van der Waals surface area contributed by atoms with E-state index in [4.69, 9.17) is 9.99 Å². The van der Waals surface area contributed by atoms with Crippen LogP contribution in [0.1, 0.15) is 38.7 Å². The number of hydrogen-bond donors (Lipinski definition) is 2. The Hall–Kier alpha value is -1.96. The number of rotatable bonds is 10. The average molecular weight is 378 g/mol. The molecule has 7 nitrogen and oxygen atoms in total. The molecule has 150 valence electrons. The van der Waals surface area contributed by atoms with E-state index < -0.39 is 12.1 Å². The summed E-state index contributed by atoms with van der Waals surface area (Å²) in [4.78, 5) is 31.1. The van der Waals surface area contributed by atoms with Crippen molar-refractivity contribution in [2.24, 2.45) is 0 Å². The molecule has 1 aliphatic heterocycles. The van der Waals surface area contributed by atoms with Crippen LogP contribution >= 0.6 is 0 Å². The minimum atomic E-state index is -0.556. The molecule has 1 aromatic rings. The van der Waals surface area contributed by atoms with Gasteiger partial charge in [-0.2, -0.15) is 0 Å². The molecular weight excluding hydrogens is 348 g/mol. The molecule has 0 aliphatic carbocycles. The maximum atomic E-state index is 12.8. The number of amides is 1. The lowest BCUT2D eigenvalue weighted by molar-refractivity contribution is -0.250. The first kappa shape index (κ1) is 21.3. The normalized spacial score (nSPS) is 18.9. The maximum absolute atomic E-state index is 12.8. The summed E-state index contributed by atoms with van der Waals surface area (Å²) in [5, 5.41) is 11.8. The van der Waals surface area contributed by atoms with Crippen molar-refractivity contribution >= 4 is 11.9 Å². The number of nitrogens with one attached hydrogen (secondary N) is 1. The highest BCUT2D eigenvalue weighted by Gasteiger charge is 2.33. The molecule has 0 aromatic heterocycles. The Kier molecular flexibility index (Phi) is 8.71. The lowest BCUT2D eigenvalue weighted by Gasteiger charge is -2.29. The zero-order valence-corrected chi connectivity index (χ0v) is 16.1. The molecule has 1 heterocycles. The van der Waals surface area contributed by atoms with Crippen LogP contribution in [0.3, 0.4) is 0 Å². The van der Waals surface area contributed by atoms with Gasteiger partial charge in [0, 0.05) is 6.54 Å². The highest BCUT2D eigenvalue weighted by molar-refractivity contribution is 5.83. The summed E-state index contributed by atoms with van der Waals surface area (Å²) < 4.78 is 5.18. The van der Waals surface area contributed by atoms with E-state index in [1.54, 1.807) is 18.7 Å². The number of likely N-dealkylation sites (tertiary alicyclic amines) is 1. The molecule has 2 N–H and O–H groups in total. The Labute approximate surface area is 160 Å². The van der Waals surface area contributed by atoms with E-state index in [1.165, 1.54) is 0 Å². The third-order valence-corrected chi connectivity index (χ3v) is 4.88. The van der Waals surface area contributed by atoms with Gasteiger partial charge in [0.15, 0.2) is 0 Å². The Bertz CT molecular complexity index is 595. The van der Waals surface area contributed by atoms with E-state index in [-0.39, 0.29) is 24.5 Å². The highest BCUT2D eigenvalue weighted by Crippen LogP contribution is 2.19. The van der Waals surface area contributed by atoms with Crippen LogP contribution in [0.4, 0.5) is 0 Å². The second kappa shape index (κ2) is 11.0. The summed E-state index contributed by atoms with van der Waals surface area (Å²) in [5.41, 5.74) is 1.13. The molecule has 27 heavy (non-hydrogen) atoms. The van der Waals surface area contributed by atoms with Gasteiger partial charge >= 0.3 is 5.97 Å². The lowest BCUT2D eigenvalue weighted by Crippen LogP contribution is -2.52. The first-order chi connectivity index (χ1) is 13.1. The van der Waals surface area contributed by atoms with Crippen molar-refractivity contribution < 1.29 is 24.5 Å². The van der Waals surface area contributed by atoms with Gasteiger partial charge in [0.05, 0.1) is 18.7 Å². The van der Waals surface area contributed by atoms with Gasteiger partial charge in [-0.25, -0.2) is 4.89 Å². The number of ether oxygens (including phenoxy) is 1. The summed E-state index contributed by atoms with van der Waals surface area (Å²) in [5.74, 6) is -0.437. The monoisotopic (exact) mass is 378 g/mol. The van der Waals surface area contributed by atoms with Crippen LogP contribution in [0.25, 0.3) is 0 Å². The van der Waals surface area contributed by atoms with Crippen LogP contribution in [-0.2, 0) is 25.6 Å². The van der Waals surface area contributed by atoms with Gasteiger partial charge in [0.2, 0.25) is 5.91 Å². The van der Waals surface area contributed by atoms with E-state index in [0.717, 1.165) is 18.4 Å². The number of aryl methyl sites for hydroxylation is 1. The zero-order chi connectivity index (χ0) is 19.6. The van der Waals surface area contributed by atoms with Crippen molar-refractivity contribution in [1.29, 1.82) is 0 Å². The SMILES string of the molecule is CCOC(=O)C(CCc1ccccc1)NC(C)C(=O)N1CCC[C@H]1COO. The van der Waals surface area contributed by atoms with Crippen molar-refractivity contribution in [3.8, 4) is 0 Å². The minimum Gasteiger partial charge on any atom is -0.465 e. The number of hydrogen-bond acceptors (Lipinski definition) is 6. The Balaban J connectivity index is 1.98. The highest BCUT2D eigenvalue weighted by atomic mass is 17.1. The van der Waals surface area contributed by atoms with Crippen LogP contribution in [0, 0.1) is 0 Å². The first-order valence-electron chi connectivity index (χ1n) is 9.60. The van der Waals surface area contributed by atoms with Gasteiger partial charge in [0.25, 0.3) is 0 Å². The van der Waals surface area contributed by atoms with Gasteiger partial charge in [-0.3, -0.25) is 20.2 Å². The Morgan fingerprint density at radius 1 is 1.33 bits per heavy atom. The second-order valence-corrected chi connectivity index (χ2v) is 6.84. The zero-order valence-electron chi connectivity index (χ0n) is 16.1. The molecule has 1 aliphatic rings. The Morgan fingerprint density at radius 3 is 2.74 bits per heavy atom. The molecule has 1 aromatic carbocycles. The van der Waals surface area contributed by atoms with E-state index in [0.29, 0.717) is 26.0 Å². The fourth-order valence-corrected chi connectivity index (χ4v) is 3.47. The molecule has 2 unspecified atom stereocenters. The molecule has 0 radical (unpaired) electrons. The minimum absolute atomic E-state index is 0.0939. The molecule has 1 fully saturated rings. The topological polar surface area (TPSA) is 88.1 Å². The third-order valence-electron chi connectivity index (χ3n) is 4.88. The van der Waals surface area contributed by atoms with Crippen LogP contribution in [0.2, 0.25) is 0 Å². The summed E-state index contributed by atoms with van der Waals surface area (Å²) >= 11 is 0. The summed E-state index contributed by atoms with van der Waals surface area (Å²) in [7, 11) is 0. The van der Waals surface area contributed by atoms with Crippen LogP contribution in [0.15, 0.2) is 30.3 Å². The molecule has 7 heteroatoms. The van der Waals surface area contributed by atoms with E-state index in [9.17, 15) is 9.59 Å². The molecule has 3 atom stereocenters. The molecule has 0 saturated carbocycles. The van der Waals surface area contributed by atoms with Gasteiger partial charge in [-0.1, -0.05) is 30.3 Å². The number of benzene rings is 1. The van der Waals surface area contributed by atoms with Crippen molar-refractivity contribution in [1.82, 2.24) is 10.2 Å². The van der Waals surface area contributed by atoms with Crippen LogP contribution in [-0.4, -0.2) is 59.9 Å². The molecular formula is C20H30N2O5. The van der Waals surface area contributed by atoms with Crippen molar-refractivity contribution in [3.63, 3.8) is 0 Å². The largest absolute Gasteiger partial charge is 0.465 e. The first-order valence-corrected chi connectivity index (χ1v) is 9.60. The maximum Gasteiger partial charge on any atom is 0.323 e. The predicted octanol–water partition coefficient (Wildman–Crippen LogP) is 2.01. The predicted molar refractivity (Wildman–Crippen MR) is 101 cm³/mol. The molecule has 0 spiro atoms. The second-order valence-electron chi connectivity index (χ2n) is 6.84. The van der Waals surface area contributed by atoms with Gasteiger partial charge in [-0.15, -0.1) is 0 Å². The summed E-state index contributed by atoms with van der Waals surface area (Å²) in [6.07, 6.45) is 2.93. The van der Waals surface area contributed by atoms with E-state index in [2.05, 4.69) is 10.2 Å². The van der Waals surface area contributed by atoms with Crippen LogP contribution < -0.4 is 5.32 Å². The molecule has 1 saturated heterocycles. The van der Waals surface area contributed by atoms with Crippen LogP contribution in [0.5, 0.6) is 0 Å². The van der Waals surface area contributed by atoms with Crippen molar-refractivity contribution in [3.05, 3.63) is 35.9 Å². The van der Waals surface area contributed by atoms with E-state index >= 15 is 0 Å². The number of carbonyl (C=O) groups excluding carboxylic acids is 2. The van der Waals surface area contributed by atoms with Gasteiger partial charge in [0.1, 0.15) is 12.6 Å². The number of nitrogens with zero attached hydrogens (tertiary/aromatic N) is 1. The van der Waals surface area contributed by atoms with Gasteiger partial charge < -0.3 is 9.64 Å². The Morgan fingerprint density at radius 2 is 2.07 bits per heavy atom. The molecule has 0 bridgehead atoms. The lowest BCUT2D eigenvalue weighted by atomic mass is 10.0. The van der Waals surface area contributed by atoms with Crippen molar-refractivity contribution in [2.45, 2.75) is 57.7 Å². The van der Waals surface area contributed by atoms with E-state index in [1.807, 2.05) is 30.3 Å². The van der Waals surface area contributed by atoms with Gasteiger partial charge in [-0.05, 0) is 45.1 Å². The smallest absolute Gasteiger partial charge is 0.323 e. The molecule has 1 amide bonds. The third kappa shape index (κ3) is 6.30. The summed E-state index contributed by atoms with van der Waals surface area (Å²) in [6, 6.07) is 8.69. The fourth-order valence-electron chi connectivity index (χ4n) is 3.47. The molecule has 2 rings (SSSR count). The number of carbonyl (C=O) groups is 2. The standard InChI is InChI=1S/C20H30N2O5/c1-3-26-20(24)18(12-11-16-8-5-4-6-9-16)21-15(2)19(23)22-13-7-10-17(22)14-27-25/h4-6,8-9,15,17-18,21,25H,3,7,10-14H2,1-2H3/t15?,17-,18?/m0/s1. The summed E-state index contributed by atoms with van der Waals surface area (Å²) in [6.45, 7) is 4.56. The fraction of sp³-hybridized carbons (Fsp3) is 0.600. The average Bonchev–Trinajstić information content (AvgIpc) is 3.13. The number of esters is 1. The van der Waals surface area contributed by atoms with Crippen molar-refractivity contribution in [2.75, 3.05) is 19.8 Å².